The molecule has 0 aliphatic heterocycles. The number of hydrazone groups is 1. The lowest BCUT2D eigenvalue weighted by Crippen LogP contribution is -2.24. The second kappa shape index (κ2) is 8.95. The lowest BCUT2D eigenvalue weighted by molar-refractivity contribution is -0.123. The molecular formula is C21H18Cl2N2O3. The zero-order chi connectivity index (χ0) is 20.1. The van der Waals surface area contributed by atoms with E-state index in [2.05, 4.69) is 10.5 Å². The first-order chi connectivity index (χ1) is 13.4. The fraction of sp³-hybridized carbons (Fsp3) is 0.143. The van der Waals surface area contributed by atoms with Gasteiger partial charge >= 0.3 is 0 Å². The molecular weight excluding hydrogens is 399 g/mol. The molecule has 0 spiro atoms. The second-order valence-corrected chi connectivity index (χ2v) is 7.00. The van der Waals surface area contributed by atoms with Crippen molar-refractivity contribution >= 4 is 35.3 Å². The first-order valence-electron chi connectivity index (χ1n) is 8.49. The monoisotopic (exact) mass is 416 g/mol. The molecule has 7 heteroatoms. The number of carbonyl (C=O) groups excluding carboxylic acids is 1. The molecule has 3 rings (SSSR count). The molecule has 144 valence electrons. The fourth-order valence-electron chi connectivity index (χ4n) is 2.41. The van der Waals surface area contributed by atoms with Gasteiger partial charge < -0.3 is 9.15 Å². The first kappa shape index (κ1) is 20.0. The summed E-state index contributed by atoms with van der Waals surface area (Å²) in [5, 5.41) is 4.91. The number of benzene rings is 2. The van der Waals surface area contributed by atoms with Crippen LogP contribution in [0.15, 0.2) is 58.0 Å². The van der Waals surface area contributed by atoms with Gasteiger partial charge in [0.1, 0.15) is 17.3 Å². The highest BCUT2D eigenvalue weighted by atomic mass is 35.5. The van der Waals surface area contributed by atoms with Gasteiger partial charge in [-0.1, -0.05) is 29.3 Å². The average molecular weight is 417 g/mol. The molecule has 1 amide bonds. The number of hydrogen-bond donors (Lipinski definition) is 1. The summed E-state index contributed by atoms with van der Waals surface area (Å²) in [7, 11) is 0. The topological polar surface area (TPSA) is 63.8 Å². The van der Waals surface area contributed by atoms with Crippen molar-refractivity contribution in [3.05, 3.63) is 75.5 Å². The molecule has 28 heavy (non-hydrogen) atoms. The second-order valence-electron chi connectivity index (χ2n) is 6.15. The van der Waals surface area contributed by atoms with Gasteiger partial charge in [-0.15, -0.1) is 0 Å². The van der Waals surface area contributed by atoms with E-state index in [0.29, 0.717) is 27.3 Å². The predicted octanol–water partition coefficient (Wildman–Crippen LogP) is 5.40. The van der Waals surface area contributed by atoms with Crippen LogP contribution in [0.1, 0.15) is 16.9 Å². The van der Waals surface area contributed by atoms with Gasteiger partial charge in [0.15, 0.2) is 6.61 Å². The SMILES string of the molecule is Cc1ccc(OCC(=O)N/N=C\c2ccc(-c3ccc(Cl)cc3Cl)o2)cc1C. The first-order valence-corrected chi connectivity index (χ1v) is 9.25. The molecule has 2 aromatic carbocycles. The largest absolute Gasteiger partial charge is 0.484 e. The quantitative estimate of drug-likeness (QED) is 0.432. The summed E-state index contributed by atoms with van der Waals surface area (Å²) in [6.07, 6.45) is 1.40. The number of hydrogen-bond acceptors (Lipinski definition) is 4. The average Bonchev–Trinajstić information content (AvgIpc) is 3.11. The summed E-state index contributed by atoms with van der Waals surface area (Å²) >= 11 is 12.1. The molecule has 5 nitrogen and oxygen atoms in total. The summed E-state index contributed by atoms with van der Waals surface area (Å²) in [4.78, 5) is 11.9. The predicted molar refractivity (Wildman–Crippen MR) is 111 cm³/mol. The Labute approximate surface area is 172 Å². The summed E-state index contributed by atoms with van der Waals surface area (Å²) in [5.41, 5.74) is 5.38. The molecule has 0 aliphatic carbocycles. The van der Waals surface area contributed by atoms with E-state index in [9.17, 15) is 4.79 Å². The van der Waals surface area contributed by atoms with Crippen LogP contribution in [-0.2, 0) is 4.79 Å². The number of furan rings is 1. The van der Waals surface area contributed by atoms with E-state index in [1.165, 1.54) is 11.8 Å². The highest BCUT2D eigenvalue weighted by Gasteiger charge is 2.09. The minimum atomic E-state index is -0.373. The number of amides is 1. The third-order valence-electron chi connectivity index (χ3n) is 4.05. The van der Waals surface area contributed by atoms with E-state index in [0.717, 1.165) is 11.1 Å². The van der Waals surface area contributed by atoms with Crippen LogP contribution in [-0.4, -0.2) is 18.7 Å². The van der Waals surface area contributed by atoms with Crippen LogP contribution in [0.4, 0.5) is 0 Å². The maximum Gasteiger partial charge on any atom is 0.277 e. The van der Waals surface area contributed by atoms with Crippen LogP contribution in [0.2, 0.25) is 10.0 Å². The third kappa shape index (κ3) is 5.15. The van der Waals surface area contributed by atoms with Gasteiger partial charge in [-0.3, -0.25) is 4.79 Å². The van der Waals surface area contributed by atoms with E-state index in [1.54, 1.807) is 30.3 Å². The maximum absolute atomic E-state index is 11.9. The van der Waals surface area contributed by atoms with Crippen molar-refractivity contribution in [3.63, 3.8) is 0 Å². The minimum Gasteiger partial charge on any atom is -0.484 e. The van der Waals surface area contributed by atoms with Crippen LogP contribution in [0.25, 0.3) is 11.3 Å². The minimum absolute atomic E-state index is 0.135. The summed E-state index contributed by atoms with van der Waals surface area (Å²) in [6.45, 7) is 3.87. The van der Waals surface area contributed by atoms with Crippen LogP contribution >= 0.6 is 23.2 Å². The van der Waals surface area contributed by atoms with Gasteiger partial charge in [-0.25, -0.2) is 5.43 Å². The van der Waals surface area contributed by atoms with Crippen molar-refractivity contribution < 1.29 is 13.9 Å². The number of halogens is 2. The van der Waals surface area contributed by atoms with Gasteiger partial charge in [0.25, 0.3) is 5.91 Å². The number of ether oxygens (including phenoxy) is 1. The molecule has 0 aliphatic rings. The number of nitrogens with zero attached hydrogens (tertiary/aromatic N) is 1. The van der Waals surface area contributed by atoms with Gasteiger partial charge in [0.05, 0.1) is 11.2 Å². The Bertz CT molecular complexity index is 1030. The molecule has 1 aromatic heterocycles. The highest BCUT2D eigenvalue weighted by Crippen LogP contribution is 2.31. The van der Waals surface area contributed by atoms with Gasteiger partial charge in [-0.2, -0.15) is 5.10 Å². The Hall–Kier alpha value is -2.76. The van der Waals surface area contributed by atoms with Crippen molar-refractivity contribution in [1.29, 1.82) is 0 Å². The van der Waals surface area contributed by atoms with Crippen LogP contribution in [0.5, 0.6) is 5.75 Å². The van der Waals surface area contributed by atoms with E-state index >= 15 is 0 Å². The van der Waals surface area contributed by atoms with Crippen LogP contribution in [0, 0.1) is 13.8 Å². The molecule has 1 N–H and O–H groups in total. The van der Waals surface area contributed by atoms with E-state index in [1.807, 2.05) is 32.0 Å². The molecule has 0 radical (unpaired) electrons. The fourth-order valence-corrected chi connectivity index (χ4v) is 2.91. The number of nitrogens with one attached hydrogen (secondary N) is 1. The lowest BCUT2D eigenvalue weighted by Gasteiger charge is -2.07. The Morgan fingerprint density at radius 3 is 2.68 bits per heavy atom. The van der Waals surface area contributed by atoms with Crippen molar-refractivity contribution in [2.45, 2.75) is 13.8 Å². The smallest absolute Gasteiger partial charge is 0.277 e. The van der Waals surface area contributed by atoms with Crippen LogP contribution in [0.3, 0.4) is 0 Å². The molecule has 1 heterocycles. The van der Waals surface area contributed by atoms with Gasteiger partial charge in [0, 0.05) is 10.6 Å². The van der Waals surface area contributed by atoms with E-state index in [-0.39, 0.29) is 12.5 Å². The Morgan fingerprint density at radius 1 is 1.11 bits per heavy atom. The Kier molecular flexibility index (Phi) is 6.39. The number of carbonyl (C=O) groups is 1. The lowest BCUT2D eigenvalue weighted by atomic mass is 10.1. The molecule has 0 unspecified atom stereocenters. The van der Waals surface area contributed by atoms with E-state index in [4.69, 9.17) is 32.4 Å². The molecule has 0 bridgehead atoms. The highest BCUT2D eigenvalue weighted by molar-refractivity contribution is 6.36. The van der Waals surface area contributed by atoms with E-state index < -0.39 is 0 Å². The molecule has 0 fully saturated rings. The zero-order valence-electron chi connectivity index (χ0n) is 15.3. The van der Waals surface area contributed by atoms with Crippen molar-refractivity contribution in [3.8, 4) is 17.1 Å². The Balaban J connectivity index is 1.53. The standard InChI is InChI=1S/C21H18Cl2N2O3/c1-13-3-5-16(9-14(13)2)27-12-21(26)25-24-11-17-6-8-20(28-17)18-7-4-15(22)10-19(18)23/h3-11H,12H2,1-2H3,(H,25,26)/b24-11-. The molecule has 3 aromatic rings. The third-order valence-corrected chi connectivity index (χ3v) is 4.60. The number of rotatable bonds is 6. The van der Waals surface area contributed by atoms with Crippen molar-refractivity contribution in [1.82, 2.24) is 5.43 Å². The maximum atomic E-state index is 11.9. The molecule has 0 saturated heterocycles. The van der Waals surface area contributed by atoms with Gasteiger partial charge in [-0.05, 0) is 67.4 Å². The number of aryl methyl sites for hydroxylation is 2. The molecule has 0 atom stereocenters. The summed E-state index contributed by atoms with van der Waals surface area (Å²) in [5.74, 6) is 1.31. The van der Waals surface area contributed by atoms with Crippen molar-refractivity contribution in [2.75, 3.05) is 6.61 Å². The van der Waals surface area contributed by atoms with Crippen molar-refractivity contribution in [2.24, 2.45) is 5.10 Å². The zero-order valence-corrected chi connectivity index (χ0v) is 16.8. The summed E-state index contributed by atoms with van der Waals surface area (Å²) < 4.78 is 11.1. The normalized spacial score (nSPS) is 11.0. The Morgan fingerprint density at radius 2 is 1.93 bits per heavy atom. The summed E-state index contributed by atoms with van der Waals surface area (Å²) in [6, 6.07) is 14.3. The molecule has 0 saturated carbocycles. The van der Waals surface area contributed by atoms with Gasteiger partial charge in [0.2, 0.25) is 0 Å². The van der Waals surface area contributed by atoms with Crippen LogP contribution < -0.4 is 10.2 Å².